The first-order chi connectivity index (χ1) is 11.3. The molecule has 144 valence electrons. The molecule has 1 aliphatic rings. The Morgan fingerprint density at radius 2 is 1.25 bits per heavy atom. The number of rotatable bonds is 12. The summed E-state index contributed by atoms with van der Waals surface area (Å²) < 4.78 is 17.9. The van der Waals surface area contributed by atoms with Crippen LogP contribution in [0, 0.1) is 0 Å². The standard InChI is InChI=1S/C8H17O2Si.3C4H9.Sn/c1-11(2,3)10-8-4-6-9-7-5-8;3*1-3-4-2;/h4-7H2,1-3H3;3*1,3-4H2,2H3;. The Kier molecular flexibility index (Phi) is 10.5. The van der Waals surface area contributed by atoms with E-state index in [0.717, 1.165) is 13.2 Å². The van der Waals surface area contributed by atoms with Gasteiger partial charge in [-0.1, -0.05) is 0 Å². The van der Waals surface area contributed by atoms with Gasteiger partial charge in [0.1, 0.15) is 0 Å². The summed E-state index contributed by atoms with van der Waals surface area (Å²) in [7, 11) is -1.55. The molecule has 0 radical (unpaired) electrons. The summed E-state index contributed by atoms with van der Waals surface area (Å²) >= 11 is -2.43. The van der Waals surface area contributed by atoms with Crippen molar-refractivity contribution in [2.45, 2.75) is 109 Å². The van der Waals surface area contributed by atoms with Crippen LogP contribution in [-0.2, 0) is 9.16 Å². The van der Waals surface area contributed by atoms with Gasteiger partial charge >= 0.3 is 158 Å². The molecule has 0 aromatic rings. The average Bonchev–Trinajstić information content (AvgIpc) is 2.53. The van der Waals surface area contributed by atoms with E-state index in [1.807, 2.05) is 0 Å². The summed E-state index contributed by atoms with van der Waals surface area (Å²) in [5.74, 6) is 0. The minimum absolute atomic E-state index is 0.275. The second-order valence-electron chi connectivity index (χ2n) is 8.91. The molecule has 0 spiro atoms. The quantitative estimate of drug-likeness (QED) is 0.297. The average molecular weight is 463 g/mol. The molecular formula is C20H44O2SiSn. The van der Waals surface area contributed by atoms with E-state index in [2.05, 4.69) is 40.4 Å². The molecule has 0 aromatic heterocycles. The number of ether oxygens (including phenoxy) is 1. The molecule has 0 aliphatic carbocycles. The van der Waals surface area contributed by atoms with E-state index in [4.69, 9.17) is 9.16 Å². The Balaban J connectivity index is 3.22. The van der Waals surface area contributed by atoms with Crippen molar-refractivity contribution in [3.05, 3.63) is 0 Å². The molecule has 0 aromatic carbocycles. The second-order valence-corrected chi connectivity index (χ2v) is 27.5. The molecule has 0 bridgehead atoms. The van der Waals surface area contributed by atoms with Gasteiger partial charge in [0, 0.05) is 0 Å². The fourth-order valence-electron chi connectivity index (χ4n) is 4.63. The Hall–Kier alpha value is 0.936. The van der Waals surface area contributed by atoms with Gasteiger partial charge in [-0.3, -0.25) is 0 Å². The van der Waals surface area contributed by atoms with E-state index in [1.54, 1.807) is 13.3 Å². The zero-order chi connectivity index (χ0) is 18.1. The molecule has 4 heteroatoms. The topological polar surface area (TPSA) is 18.5 Å². The van der Waals surface area contributed by atoms with Gasteiger partial charge in [0.2, 0.25) is 0 Å². The molecular weight excluding hydrogens is 419 g/mol. The number of unbranched alkanes of at least 4 members (excludes halogenated alkanes) is 3. The normalized spacial score (nSPS) is 18.8. The Labute approximate surface area is 157 Å². The van der Waals surface area contributed by atoms with Crippen molar-refractivity contribution in [3.8, 4) is 0 Å². The van der Waals surface area contributed by atoms with Gasteiger partial charge in [-0.05, 0) is 0 Å². The van der Waals surface area contributed by atoms with Gasteiger partial charge in [-0.15, -0.1) is 0 Å². The van der Waals surface area contributed by atoms with Crippen molar-refractivity contribution >= 4 is 26.7 Å². The molecule has 0 amide bonds. The van der Waals surface area contributed by atoms with Crippen LogP contribution in [-0.4, -0.2) is 43.5 Å². The van der Waals surface area contributed by atoms with Crippen molar-refractivity contribution < 1.29 is 9.16 Å². The van der Waals surface area contributed by atoms with Gasteiger partial charge in [-0.25, -0.2) is 0 Å². The molecule has 1 rings (SSSR count). The first-order valence-electron chi connectivity index (χ1n) is 10.6. The molecule has 0 N–H and O–H groups in total. The van der Waals surface area contributed by atoms with Crippen LogP contribution < -0.4 is 0 Å². The van der Waals surface area contributed by atoms with Crippen LogP contribution in [0.5, 0.6) is 0 Å². The minimum atomic E-state index is -2.43. The van der Waals surface area contributed by atoms with Crippen molar-refractivity contribution in [3.63, 3.8) is 0 Å². The predicted molar refractivity (Wildman–Crippen MR) is 112 cm³/mol. The summed E-state index contributed by atoms with van der Waals surface area (Å²) in [4.78, 5) is 0. The Morgan fingerprint density at radius 3 is 1.58 bits per heavy atom. The molecule has 1 saturated heterocycles. The summed E-state index contributed by atoms with van der Waals surface area (Å²) in [6.07, 6.45) is 10.7. The summed E-state index contributed by atoms with van der Waals surface area (Å²) in [5, 5.41) is 0. The van der Waals surface area contributed by atoms with E-state index < -0.39 is 26.7 Å². The third kappa shape index (κ3) is 6.59. The van der Waals surface area contributed by atoms with Crippen molar-refractivity contribution in [1.82, 2.24) is 0 Å². The van der Waals surface area contributed by atoms with Gasteiger partial charge < -0.3 is 0 Å². The Morgan fingerprint density at radius 1 is 0.833 bits per heavy atom. The number of hydrogen-bond acceptors (Lipinski definition) is 2. The molecule has 1 heterocycles. The van der Waals surface area contributed by atoms with Gasteiger partial charge in [-0.2, -0.15) is 0 Å². The van der Waals surface area contributed by atoms with Crippen LogP contribution in [0.3, 0.4) is 0 Å². The fraction of sp³-hybridized carbons (Fsp3) is 1.00. The van der Waals surface area contributed by atoms with E-state index in [0.29, 0.717) is 0 Å². The van der Waals surface area contributed by atoms with Crippen LogP contribution in [0.15, 0.2) is 0 Å². The summed E-state index contributed by atoms with van der Waals surface area (Å²) in [6.45, 7) is 16.2. The predicted octanol–water partition coefficient (Wildman–Crippen LogP) is 6.78. The van der Waals surface area contributed by atoms with Gasteiger partial charge in [0.25, 0.3) is 0 Å². The first-order valence-corrected chi connectivity index (χ1v) is 21.5. The summed E-state index contributed by atoms with van der Waals surface area (Å²) in [5.41, 5.74) is 0. The monoisotopic (exact) mass is 464 g/mol. The van der Waals surface area contributed by atoms with E-state index >= 15 is 0 Å². The van der Waals surface area contributed by atoms with Crippen LogP contribution >= 0.6 is 0 Å². The maximum atomic E-state index is 7.18. The van der Waals surface area contributed by atoms with E-state index in [1.165, 1.54) is 51.4 Å². The SMILES string of the molecule is CCC[CH2][Sn]([CH2]CCC)([CH2]CCC)[C]1(O[Si](C)(C)C)CCOCC1. The molecule has 0 saturated carbocycles. The van der Waals surface area contributed by atoms with Crippen LogP contribution in [0.4, 0.5) is 0 Å². The zero-order valence-corrected chi connectivity index (χ0v) is 21.4. The van der Waals surface area contributed by atoms with Crippen LogP contribution in [0.1, 0.15) is 72.1 Å². The maximum absolute atomic E-state index is 7.18. The third-order valence-corrected chi connectivity index (χ3v) is 25.8. The van der Waals surface area contributed by atoms with E-state index in [9.17, 15) is 0 Å². The second kappa shape index (κ2) is 10.9. The fourth-order valence-corrected chi connectivity index (χ4v) is 29.2. The van der Waals surface area contributed by atoms with Crippen molar-refractivity contribution in [2.75, 3.05) is 13.2 Å². The van der Waals surface area contributed by atoms with Crippen molar-refractivity contribution in [1.29, 1.82) is 0 Å². The molecule has 1 aliphatic heterocycles. The summed E-state index contributed by atoms with van der Waals surface area (Å²) in [6, 6.07) is 0. The van der Waals surface area contributed by atoms with Crippen LogP contribution in [0.25, 0.3) is 0 Å². The molecule has 0 unspecified atom stereocenters. The first kappa shape index (κ1) is 23.0. The van der Waals surface area contributed by atoms with Gasteiger partial charge in [0.15, 0.2) is 0 Å². The van der Waals surface area contributed by atoms with Gasteiger partial charge in [0.05, 0.1) is 0 Å². The molecule has 1 fully saturated rings. The third-order valence-electron chi connectivity index (χ3n) is 5.80. The van der Waals surface area contributed by atoms with Crippen molar-refractivity contribution in [2.24, 2.45) is 0 Å². The molecule has 2 nitrogen and oxygen atoms in total. The van der Waals surface area contributed by atoms with Crippen LogP contribution in [0.2, 0.25) is 33.0 Å². The Bertz CT molecular complexity index is 313. The number of hydrogen-bond donors (Lipinski definition) is 0. The zero-order valence-electron chi connectivity index (χ0n) is 17.5. The molecule has 0 atom stereocenters. The van der Waals surface area contributed by atoms with E-state index in [-0.39, 0.29) is 3.62 Å². The molecule has 24 heavy (non-hydrogen) atoms.